The number of nitrogens with zero attached hydrogens (tertiary/aromatic N) is 2. The van der Waals surface area contributed by atoms with Crippen LogP contribution in [-0.2, 0) is 6.54 Å². The Hall–Kier alpha value is -2.88. The van der Waals surface area contributed by atoms with Crippen molar-refractivity contribution >= 4 is 11.6 Å². The summed E-state index contributed by atoms with van der Waals surface area (Å²) in [6.45, 7) is 4.72. The van der Waals surface area contributed by atoms with Crippen LogP contribution in [0.1, 0.15) is 70.9 Å². The second-order valence-corrected chi connectivity index (χ2v) is 8.23. The van der Waals surface area contributed by atoms with Gasteiger partial charge in [0.25, 0.3) is 5.91 Å². The molecule has 0 atom stereocenters. The summed E-state index contributed by atoms with van der Waals surface area (Å²) < 4.78 is 1.88. The van der Waals surface area contributed by atoms with Gasteiger partial charge >= 0.3 is 0 Å². The Morgan fingerprint density at radius 1 is 1.00 bits per heavy atom. The molecular formula is C25H29N3O. The van der Waals surface area contributed by atoms with Crippen LogP contribution in [-0.4, -0.2) is 15.7 Å². The smallest absolute Gasteiger partial charge is 0.276 e. The van der Waals surface area contributed by atoms with E-state index in [2.05, 4.69) is 53.7 Å². The Bertz CT molecular complexity index is 964. The summed E-state index contributed by atoms with van der Waals surface area (Å²) in [4.78, 5) is 12.7. The summed E-state index contributed by atoms with van der Waals surface area (Å²) in [6.07, 6.45) is 6.58. The van der Waals surface area contributed by atoms with Gasteiger partial charge in [-0.25, -0.2) is 0 Å². The lowest BCUT2D eigenvalue weighted by molar-refractivity contribution is 0.102. The molecule has 1 aliphatic rings. The van der Waals surface area contributed by atoms with Gasteiger partial charge in [-0.05, 0) is 61.9 Å². The van der Waals surface area contributed by atoms with Gasteiger partial charge in [-0.3, -0.25) is 9.48 Å². The monoisotopic (exact) mass is 387 g/mol. The Balaban J connectivity index is 1.41. The lowest BCUT2D eigenvalue weighted by Gasteiger charge is -2.22. The number of anilines is 1. The van der Waals surface area contributed by atoms with E-state index in [4.69, 9.17) is 0 Å². The number of aromatic nitrogens is 2. The summed E-state index contributed by atoms with van der Waals surface area (Å²) in [5.41, 5.74) is 6.04. The molecule has 0 saturated heterocycles. The number of amides is 1. The number of aryl methyl sites for hydroxylation is 2. The molecule has 4 nitrogen and oxygen atoms in total. The first-order valence-corrected chi connectivity index (χ1v) is 10.6. The van der Waals surface area contributed by atoms with Gasteiger partial charge in [0, 0.05) is 11.4 Å². The highest BCUT2D eigenvalue weighted by atomic mass is 16.1. The van der Waals surface area contributed by atoms with E-state index in [0.717, 1.165) is 11.4 Å². The number of rotatable bonds is 5. The number of nitrogens with one attached hydrogen (secondary N) is 1. The predicted molar refractivity (Wildman–Crippen MR) is 117 cm³/mol. The van der Waals surface area contributed by atoms with E-state index < -0.39 is 0 Å². The fourth-order valence-electron chi connectivity index (χ4n) is 4.12. The van der Waals surface area contributed by atoms with Crippen molar-refractivity contribution < 1.29 is 4.79 Å². The van der Waals surface area contributed by atoms with Crippen molar-refractivity contribution in [1.29, 1.82) is 0 Å². The van der Waals surface area contributed by atoms with Crippen LogP contribution in [0.25, 0.3) is 0 Å². The maximum Gasteiger partial charge on any atom is 0.276 e. The lowest BCUT2D eigenvalue weighted by Crippen LogP contribution is -2.14. The summed E-state index contributed by atoms with van der Waals surface area (Å²) in [7, 11) is 0. The van der Waals surface area contributed by atoms with Crippen LogP contribution in [0.5, 0.6) is 0 Å². The van der Waals surface area contributed by atoms with Gasteiger partial charge in [0.1, 0.15) is 0 Å². The average Bonchev–Trinajstić information content (AvgIpc) is 3.11. The van der Waals surface area contributed by atoms with Crippen LogP contribution in [0.4, 0.5) is 5.69 Å². The Labute approximate surface area is 173 Å². The van der Waals surface area contributed by atoms with Gasteiger partial charge in [0.2, 0.25) is 0 Å². The molecule has 150 valence electrons. The molecule has 1 heterocycles. The van der Waals surface area contributed by atoms with Crippen LogP contribution in [0.2, 0.25) is 0 Å². The molecule has 1 saturated carbocycles. The van der Waals surface area contributed by atoms with Gasteiger partial charge < -0.3 is 5.32 Å². The number of carbonyl (C=O) groups excluding carboxylic acids is 1. The highest BCUT2D eigenvalue weighted by Gasteiger charge is 2.16. The zero-order chi connectivity index (χ0) is 20.2. The van der Waals surface area contributed by atoms with Crippen molar-refractivity contribution in [2.75, 3.05) is 5.32 Å². The summed E-state index contributed by atoms with van der Waals surface area (Å²) in [5.74, 6) is 0.509. The van der Waals surface area contributed by atoms with Gasteiger partial charge in [-0.2, -0.15) is 5.10 Å². The van der Waals surface area contributed by atoms with Crippen LogP contribution in [0, 0.1) is 13.8 Å². The van der Waals surface area contributed by atoms with Gasteiger partial charge in [-0.1, -0.05) is 61.2 Å². The zero-order valence-corrected chi connectivity index (χ0v) is 17.3. The van der Waals surface area contributed by atoms with Gasteiger partial charge in [0.05, 0.1) is 6.54 Å². The molecule has 1 N–H and O–H groups in total. The third kappa shape index (κ3) is 4.76. The molecular weight excluding hydrogens is 358 g/mol. The average molecular weight is 388 g/mol. The van der Waals surface area contributed by atoms with E-state index in [1.54, 1.807) is 0 Å². The van der Waals surface area contributed by atoms with Gasteiger partial charge in [-0.15, -0.1) is 0 Å². The van der Waals surface area contributed by atoms with Crippen molar-refractivity contribution in [1.82, 2.24) is 9.78 Å². The topological polar surface area (TPSA) is 46.9 Å². The molecule has 1 fully saturated rings. The molecule has 1 aliphatic carbocycles. The predicted octanol–water partition coefficient (Wildman–Crippen LogP) is 5.85. The molecule has 0 unspecified atom stereocenters. The lowest BCUT2D eigenvalue weighted by atomic mass is 9.84. The maximum absolute atomic E-state index is 12.7. The Morgan fingerprint density at radius 2 is 1.69 bits per heavy atom. The fraction of sp³-hybridized carbons (Fsp3) is 0.360. The highest BCUT2D eigenvalue weighted by Crippen LogP contribution is 2.33. The third-order valence-corrected chi connectivity index (χ3v) is 5.91. The van der Waals surface area contributed by atoms with Crippen LogP contribution in [0.15, 0.2) is 54.6 Å². The first kappa shape index (κ1) is 19.4. The molecule has 1 aromatic heterocycles. The maximum atomic E-state index is 12.7. The minimum atomic E-state index is -0.166. The summed E-state index contributed by atoms with van der Waals surface area (Å²) in [5, 5.41) is 7.50. The van der Waals surface area contributed by atoms with Crippen LogP contribution >= 0.6 is 0 Å². The van der Waals surface area contributed by atoms with Gasteiger partial charge in [0.15, 0.2) is 5.69 Å². The van der Waals surface area contributed by atoms with E-state index in [9.17, 15) is 4.79 Å². The molecule has 2 aromatic carbocycles. The minimum Gasteiger partial charge on any atom is -0.321 e. The summed E-state index contributed by atoms with van der Waals surface area (Å²) >= 11 is 0. The largest absolute Gasteiger partial charge is 0.321 e. The number of benzene rings is 2. The van der Waals surface area contributed by atoms with Crippen molar-refractivity contribution in [2.24, 2.45) is 0 Å². The number of hydrogen-bond donors (Lipinski definition) is 1. The van der Waals surface area contributed by atoms with E-state index in [1.807, 2.05) is 29.8 Å². The molecule has 1 amide bonds. The van der Waals surface area contributed by atoms with E-state index in [1.165, 1.54) is 48.8 Å². The van der Waals surface area contributed by atoms with Crippen molar-refractivity contribution in [3.63, 3.8) is 0 Å². The SMILES string of the molecule is Cc1ccc(Cn2nc(C(=O)Nc3ccc(C4CCCCC4)cc3)cc2C)cc1. The number of carbonyl (C=O) groups is 1. The molecule has 0 radical (unpaired) electrons. The molecule has 0 aliphatic heterocycles. The molecule has 0 spiro atoms. The Morgan fingerprint density at radius 3 is 2.38 bits per heavy atom. The van der Waals surface area contributed by atoms with Crippen molar-refractivity contribution in [3.05, 3.63) is 82.7 Å². The van der Waals surface area contributed by atoms with Crippen LogP contribution in [0.3, 0.4) is 0 Å². The quantitative estimate of drug-likeness (QED) is 0.597. The fourth-order valence-corrected chi connectivity index (χ4v) is 4.12. The molecule has 29 heavy (non-hydrogen) atoms. The first-order chi connectivity index (χ1) is 14.1. The third-order valence-electron chi connectivity index (χ3n) is 5.91. The highest BCUT2D eigenvalue weighted by molar-refractivity contribution is 6.02. The van der Waals surface area contributed by atoms with E-state index in [0.29, 0.717) is 18.2 Å². The Kier molecular flexibility index (Phi) is 5.79. The van der Waals surface area contributed by atoms with E-state index in [-0.39, 0.29) is 5.91 Å². The van der Waals surface area contributed by atoms with E-state index >= 15 is 0 Å². The van der Waals surface area contributed by atoms with Crippen molar-refractivity contribution in [3.8, 4) is 0 Å². The molecule has 4 rings (SSSR count). The molecule has 4 heteroatoms. The normalized spacial score (nSPS) is 14.7. The zero-order valence-electron chi connectivity index (χ0n) is 17.3. The molecule has 3 aromatic rings. The summed E-state index contributed by atoms with van der Waals surface area (Å²) in [6, 6.07) is 18.6. The van der Waals surface area contributed by atoms with Crippen LogP contribution < -0.4 is 5.32 Å². The second kappa shape index (κ2) is 8.64. The second-order valence-electron chi connectivity index (χ2n) is 8.23. The standard InChI is InChI=1S/C25H29N3O/c1-18-8-10-20(11-9-18)17-28-19(2)16-24(27-28)25(29)26-23-14-12-22(13-15-23)21-6-4-3-5-7-21/h8-16,21H,3-7,17H2,1-2H3,(H,26,29). The first-order valence-electron chi connectivity index (χ1n) is 10.6. The molecule has 0 bridgehead atoms. The number of hydrogen-bond acceptors (Lipinski definition) is 2. The van der Waals surface area contributed by atoms with Crippen molar-refractivity contribution in [2.45, 2.75) is 58.4 Å². The minimum absolute atomic E-state index is 0.166.